The molecule has 2 aliphatic rings. The van der Waals surface area contributed by atoms with Crippen molar-refractivity contribution < 1.29 is 9.47 Å². The lowest BCUT2D eigenvalue weighted by Gasteiger charge is -2.28. The quantitative estimate of drug-likeness (QED) is 0.690. The number of ether oxygens (including phenoxy) is 2. The van der Waals surface area contributed by atoms with Gasteiger partial charge in [-0.2, -0.15) is 0 Å². The van der Waals surface area contributed by atoms with Crippen molar-refractivity contribution in [3.05, 3.63) is 11.6 Å². The predicted octanol–water partition coefficient (Wildman–Crippen LogP) is 4.05. The van der Waals surface area contributed by atoms with Crippen LogP contribution in [0.25, 0.3) is 0 Å². The van der Waals surface area contributed by atoms with E-state index >= 15 is 0 Å². The third kappa shape index (κ3) is 3.56. The second-order valence-electron chi connectivity index (χ2n) is 6.38. The molecule has 0 spiro atoms. The minimum atomic E-state index is 0.0239. The van der Waals surface area contributed by atoms with Crippen molar-refractivity contribution in [1.29, 1.82) is 0 Å². The van der Waals surface area contributed by atoms with E-state index in [4.69, 9.17) is 9.47 Å². The Kier molecular flexibility index (Phi) is 3.94. The van der Waals surface area contributed by atoms with Crippen LogP contribution in [-0.4, -0.2) is 18.5 Å². The fourth-order valence-electron chi connectivity index (χ4n) is 2.52. The lowest BCUT2D eigenvalue weighted by molar-refractivity contribution is -0.0666. The summed E-state index contributed by atoms with van der Waals surface area (Å²) < 4.78 is 11.5. The molecule has 2 rings (SSSR count). The zero-order chi connectivity index (χ0) is 12.5. The Morgan fingerprint density at radius 2 is 1.88 bits per heavy atom. The summed E-state index contributed by atoms with van der Waals surface area (Å²) in [5.41, 5.74) is 2.11. The summed E-state index contributed by atoms with van der Waals surface area (Å²) in [5.74, 6) is 0. The van der Waals surface area contributed by atoms with Gasteiger partial charge in [-0.3, -0.25) is 0 Å². The van der Waals surface area contributed by atoms with Gasteiger partial charge in [0.1, 0.15) is 0 Å². The molecule has 0 saturated carbocycles. The van der Waals surface area contributed by atoms with Crippen LogP contribution >= 0.6 is 0 Å². The van der Waals surface area contributed by atoms with Crippen LogP contribution in [0.15, 0.2) is 11.6 Å². The van der Waals surface area contributed by atoms with Crippen LogP contribution in [0.1, 0.15) is 59.8 Å². The van der Waals surface area contributed by atoms with Crippen LogP contribution in [0.2, 0.25) is 0 Å². The van der Waals surface area contributed by atoms with Crippen molar-refractivity contribution >= 4 is 0 Å². The molecule has 1 heterocycles. The topological polar surface area (TPSA) is 18.5 Å². The van der Waals surface area contributed by atoms with E-state index in [-0.39, 0.29) is 18.5 Å². The molecule has 0 N–H and O–H groups in total. The van der Waals surface area contributed by atoms with Gasteiger partial charge in [0.25, 0.3) is 0 Å². The molecule has 0 amide bonds. The Hall–Kier alpha value is -0.340. The summed E-state index contributed by atoms with van der Waals surface area (Å²) in [6, 6.07) is 0. The minimum Gasteiger partial charge on any atom is -0.347 e. The summed E-state index contributed by atoms with van der Waals surface area (Å²) in [5, 5.41) is 0. The molecule has 2 nitrogen and oxygen atoms in total. The van der Waals surface area contributed by atoms with Gasteiger partial charge in [0.05, 0.1) is 12.2 Å². The third-order valence-corrected chi connectivity index (χ3v) is 4.16. The van der Waals surface area contributed by atoms with Gasteiger partial charge in [-0.1, -0.05) is 25.5 Å². The Morgan fingerprint density at radius 3 is 2.41 bits per heavy atom. The maximum atomic E-state index is 5.76. The fourth-order valence-corrected chi connectivity index (χ4v) is 2.52. The fraction of sp³-hybridized carbons (Fsp3) is 0.867. The Labute approximate surface area is 105 Å². The van der Waals surface area contributed by atoms with E-state index in [0.29, 0.717) is 5.41 Å². The summed E-state index contributed by atoms with van der Waals surface area (Å²) in [4.78, 5) is 0. The van der Waals surface area contributed by atoms with Crippen LogP contribution in [0.3, 0.4) is 0 Å². The summed E-state index contributed by atoms with van der Waals surface area (Å²) in [6.45, 7) is 8.89. The first-order valence-corrected chi connectivity index (χ1v) is 6.95. The van der Waals surface area contributed by atoms with E-state index in [1.54, 1.807) is 5.57 Å². The lowest BCUT2D eigenvalue weighted by Crippen LogP contribution is -2.15. The van der Waals surface area contributed by atoms with Crippen molar-refractivity contribution in [1.82, 2.24) is 0 Å². The van der Waals surface area contributed by atoms with E-state index in [0.717, 1.165) is 12.8 Å². The van der Waals surface area contributed by atoms with Crippen molar-refractivity contribution in [3.8, 4) is 0 Å². The molecule has 0 aromatic carbocycles. The van der Waals surface area contributed by atoms with Gasteiger partial charge >= 0.3 is 0 Å². The molecular weight excluding hydrogens is 212 g/mol. The summed E-state index contributed by atoms with van der Waals surface area (Å²) >= 11 is 0. The molecule has 2 atom stereocenters. The van der Waals surface area contributed by atoms with Gasteiger partial charge in [0, 0.05) is 6.42 Å². The molecule has 2 unspecified atom stereocenters. The lowest BCUT2D eigenvalue weighted by atomic mass is 9.77. The van der Waals surface area contributed by atoms with Gasteiger partial charge < -0.3 is 9.47 Å². The van der Waals surface area contributed by atoms with Crippen LogP contribution in [0.5, 0.6) is 0 Å². The maximum absolute atomic E-state index is 5.76. The molecule has 0 bridgehead atoms. The zero-order valence-corrected chi connectivity index (χ0v) is 11.7. The van der Waals surface area contributed by atoms with Crippen molar-refractivity contribution in [2.45, 2.75) is 78.3 Å². The highest BCUT2D eigenvalue weighted by Gasteiger charge is 2.29. The average molecular weight is 238 g/mol. The van der Waals surface area contributed by atoms with E-state index in [2.05, 4.69) is 33.8 Å². The molecule has 98 valence electrons. The predicted molar refractivity (Wildman–Crippen MR) is 69.8 cm³/mol. The molecule has 1 saturated heterocycles. The van der Waals surface area contributed by atoms with Gasteiger partial charge in [-0.15, -0.1) is 0 Å². The molecule has 17 heavy (non-hydrogen) atoms. The summed E-state index contributed by atoms with van der Waals surface area (Å²) in [7, 11) is 0. The van der Waals surface area contributed by atoms with Gasteiger partial charge in [-0.05, 0) is 44.9 Å². The van der Waals surface area contributed by atoms with Crippen LogP contribution in [0.4, 0.5) is 0 Å². The molecule has 1 aliphatic heterocycles. The minimum absolute atomic E-state index is 0.0239. The number of hydrogen-bond donors (Lipinski definition) is 0. The third-order valence-electron chi connectivity index (χ3n) is 4.16. The van der Waals surface area contributed by atoms with E-state index in [1.807, 2.05) is 0 Å². The highest BCUT2D eigenvalue weighted by Crippen LogP contribution is 2.36. The van der Waals surface area contributed by atoms with Gasteiger partial charge in [0.15, 0.2) is 6.29 Å². The monoisotopic (exact) mass is 238 g/mol. The Morgan fingerprint density at radius 1 is 1.24 bits per heavy atom. The second kappa shape index (κ2) is 5.11. The summed E-state index contributed by atoms with van der Waals surface area (Å²) in [6.07, 6.45) is 8.91. The van der Waals surface area contributed by atoms with Crippen LogP contribution in [0, 0.1) is 5.41 Å². The largest absolute Gasteiger partial charge is 0.347 e. The average Bonchev–Trinajstić information content (AvgIpc) is 2.57. The number of hydrogen-bond acceptors (Lipinski definition) is 2. The highest BCUT2D eigenvalue weighted by atomic mass is 16.7. The van der Waals surface area contributed by atoms with E-state index in [1.165, 1.54) is 19.3 Å². The Balaban J connectivity index is 1.75. The molecule has 0 aromatic rings. The number of rotatable bonds is 3. The van der Waals surface area contributed by atoms with E-state index in [9.17, 15) is 0 Å². The van der Waals surface area contributed by atoms with Crippen molar-refractivity contribution in [2.24, 2.45) is 5.41 Å². The first-order valence-electron chi connectivity index (χ1n) is 6.95. The van der Waals surface area contributed by atoms with Crippen LogP contribution in [-0.2, 0) is 9.47 Å². The normalized spacial score (nSPS) is 36.9. The molecule has 1 aliphatic carbocycles. The first-order chi connectivity index (χ1) is 7.96. The zero-order valence-electron chi connectivity index (χ0n) is 11.7. The SMILES string of the molecule is CC1OC(CCC2=CCC(C)(C)CC2)OC1C. The first kappa shape index (κ1) is 13.1. The highest BCUT2D eigenvalue weighted by molar-refractivity contribution is 5.08. The van der Waals surface area contributed by atoms with E-state index < -0.39 is 0 Å². The smallest absolute Gasteiger partial charge is 0.158 e. The molecule has 2 heteroatoms. The Bertz CT molecular complexity index is 283. The standard InChI is InChI=1S/C15H26O2/c1-11-12(2)17-14(16-11)6-5-13-7-9-15(3,4)10-8-13/h7,11-12,14H,5-6,8-10H2,1-4H3. The molecular formula is C15H26O2. The molecule has 0 aromatic heterocycles. The number of allylic oxidation sites excluding steroid dienone is 2. The maximum Gasteiger partial charge on any atom is 0.158 e. The van der Waals surface area contributed by atoms with Crippen molar-refractivity contribution in [2.75, 3.05) is 0 Å². The molecule has 0 radical (unpaired) electrons. The second-order valence-corrected chi connectivity index (χ2v) is 6.38. The van der Waals surface area contributed by atoms with Crippen LogP contribution < -0.4 is 0 Å². The van der Waals surface area contributed by atoms with Gasteiger partial charge in [0.2, 0.25) is 0 Å². The molecule has 1 fully saturated rings. The van der Waals surface area contributed by atoms with Crippen molar-refractivity contribution in [3.63, 3.8) is 0 Å². The van der Waals surface area contributed by atoms with Gasteiger partial charge in [-0.25, -0.2) is 0 Å².